The number of aryl methyl sites for hydroxylation is 1. The molecule has 1 aliphatic heterocycles. The molecule has 0 aliphatic carbocycles. The highest BCUT2D eigenvalue weighted by molar-refractivity contribution is 6.10. The van der Waals surface area contributed by atoms with Gasteiger partial charge in [-0.1, -0.05) is 6.07 Å². The molecule has 4 aromatic rings. The SMILES string of the molecule is CN(C(=O)c1cc2c(cc1F)nc(N)c1cnn(C)c12)[C@@H]1COCc2ncccc21. The molecule has 5 rings (SSSR count). The number of anilines is 1. The van der Waals surface area contributed by atoms with Crippen LogP contribution in [-0.2, 0) is 18.4 Å². The van der Waals surface area contributed by atoms with Crippen molar-refractivity contribution in [1.29, 1.82) is 0 Å². The van der Waals surface area contributed by atoms with Crippen molar-refractivity contribution < 1.29 is 13.9 Å². The van der Waals surface area contributed by atoms with Gasteiger partial charge >= 0.3 is 0 Å². The van der Waals surface area contributed by atoms with Crippen LogP contribution >= 0.6 is 0 Å². The molecule has 0 saturated carbocycles. The van der Waals surface area contributed by atoms with E-state index < -0.39 is 11.7 Å². The lowest BCUT2D eigenvalue weighted by atomic mass is 10.0. The molecule has 1 aliphatic rings. The van der Waals surface area contributed by atoms with E-state index in [1.807, 2.05) is 12.1 Å². The molecule has 0 saturated heterocycles. The Bertz CT molecular complexity index is 1320. The van der Waals surface area contributed by atoms with E-state index in [9.17, 15) is 9.18 Å². The highest BCUT2D eigenvalue weighted by Gasteiger charge is 2.30. The Kier molecular flexibility index (Phi) is 4.14. The van der Waals surface area contributed by atoms with Crippen molar-refractivity contribution in [2.45, 2.75) is 12.6 Å². The van der Waals surface area contributed by atoms with Crippen molar-refractivity contribution in [2.75, 3.05) is 19.4 Å². The number of amides is 1. The summed E-state index contributed by atoms with van der Waals surface area (Å²) in [4.78, 5) is 23.4. The van der Waals surface area contributed by atoms with Crippen molar-refractivity contribution in [1.82, 2.24) is 24.6 Å². The molecule has 0 spiro atoms. The summed E-state index contributed by atoms with van der Waals surface area (Å²) < 4.78 is 22.2. The topological polar surface area (TPSA) is 99.2 Å². The maximum absolute atomic E-state index is 15.0. The molecule has 1 atom stereocenters. The highest BCUT2D eigenvalue weighted by atomic mass is 19.1. The zero-order chi connectivity index (χ0) is 21.0. The Labute approximate surface area is 171 Å². The summed E-state index contributed by atoms with van der Waals surface area (Å²) in [6, 6.07) is 6.15. The average molecular weight is 406 g/mol. The number of likely N-dealkylation sites (N-methyl/N-ethyl adjacent to an activating group) is 1. The Morgan fingerprint density at radius 3 is 3.03 bits per heavy atom. The monoisotopic (exact) mass is 406 g/mol. The first-order valence-corrected chi connectivity index (χ1v) is 9.45. The minimum absolute atomic E-state index is 0.0462. The van der Waals surface area contributed by atoms with Gasteiger partial charge in [0.1, 0.15) is 11.6 Å². The van der Waals surface area contributed by atoms with Crippen LogP contribution in [0.5, 0.6) is 0 Å². The van der Waals surface area contributed by atoms with Crippen LogP contribution in [0.15, 0.2) is 36.7 Å². The predicted molar refractivity (Wildman–Crippen MR) is 109 cm³/mol. The van der Waals surface area contributed by atoms with Crippen LogP contribution in [0.3, 0.4) is 0 Å². The van der Waals surface area contributed by atoms with Crippen LogP contribution < -0.4 is 5.73 Å². The minimum Gasteiger partial charge on any atom is -0.383 e. The molecule has 9 heteroatoms. The number of aromatic nitrogens is 4. The van der Waals surface area contributed by atoms with Gasteiger partial charge in [-0.05, 0) is 12.1 Å². The Morgan fingerprint density at radius 1 is 1.37 bits per heavy atom. The molecule has 8 nitrogen and oxygen atoms in total. The summed E-state index contributed by atoms with van der Waals surface area (Å²) in [5.41, 5.74) is 8.70. The molecule has 152 valence electrons. The molecule has 0 radical (unpaired) electrons. The number of benzene rings is 1. The van der Waals surface area contributed by atoms with E-state index in [1.54, 1.807) is 31.2 Å². The van der Waals surface area contributed by atoms with Crippen LogP contribution in [0.2, 0.25) is 0 Å². The quantitative estimate of drug-likeness (QED) is 0.549. The molecule has 1 aromatic carbocycles. The van der Waals surface area contributed by atoms with Crippen molar-refractivity contribution in [3.05, 3.63) is 59.3 Å². The number of carbonyl (C=O) groups is 1. The van der Waals surface area contributed by atoms with Gasteiger partial charge in [0.05, 0.1) is 53.1 Å². The predicted octanol–water partition coefficient (Wildman–Crippen LogP) is 2.58. The van der Waals surface area contributed by atoms with Gasteiger partial charge in [0.25, 0.3) is 5.91 Å². The van der Waals surface area contributed by atoms with E-state index in [1.165, 1.54) is 17.0 Å². The summed E-state index contributed by atoms with van der Waals surface area (Å²) in [7, 11) is 3.41. The van der Waals surface area contributed by atoms with Crippen LogP contribution in [-0.4, -0.2) is 44.2 Å². The zero-order valence-corrected chi connectivity index (χ0v) is 16.5. The maximum Gasteiger partial charge on any atom is 0.257 e. The number of rotatable bonds is 2. The van der Waals surface area contributed by atoms with Crippen molar-refractivity contribution in [3.8, 4) is 0 Å². The summed E-state index contributed by atoms with van der Waals surface area (Å²) in [6.45, 7) is 0.713. The van der Waals surface area contributed by atoms with Crippen LogP contribution in [0.25, 0.3) is 21.8 Å². The normalized spacial score (nSPS) is 16.0. The number of nitrogens with zero attached hydrogens (tertiary/aromatic N) is 5. The third kappa shape index (κ3) is 2.70. The molecular formula is C21H19FN6O2. The number of halogens is 1. The van der Waals surface area contributed by atoms with Crippen molar-refractivity contribution in [2.24, 2.45) is 7.05 Å². The number of hydrogen-bond acceptors (Lipinski definition) is 6. The van der Waals surface area contributed by atoms with Gasteiger partial charge < -0.3 is 15.4 Å². The lowest BCUT2D eigenvalue weighted by Gasteiger charge is -2.32. The van der Waals surface area contributed by atoms with Gasteiger partial charge in [-0.2, -0.15) is 5.10 Å². The van der Waals surface area contributed by atoms with E-state index in [0.717, 1.165) is 11.3 Å². The number of carbonyl (C=O) groups excluding carboxylic acids is 1. The summed E-state index contributed by atoms with van der Waals surface area (Å²) in [5, 5.41) is 5.49. The average Bonchev–Trinajstić information content (AvgIpc) is 3.14. The standard InChI is InChI=1S/C21H19FN6O2/c1-27(18-10-30-9-17-11(18)4-3-5-24-17)21(29)12-6-13-16(7-15(12)22)26-20(23)14-8-25-28(2)19(13)14/h3-8,18H,9-10H2,1-2H3,(H2,23,26)/t18-/m1/s1. The number of ether oxygens (including phenoxy) is 1. The van der Waals surface area contributed by atoms with Crippen molar-refractivity contribution >= 4 is 33.5 Å². The molecule has 0 fully saturated rings. The summed E-state index contributed by atoms with van der Waals surface area (Å²) >= 11 is 0. The number of pyridine rings is 2. The zero-order valence-electron chi connectivity index (χ0n) is 16.5. The van der Waals surface area contributed by atoms with Gasteiger partial charge in [0, 0.05) is 37.3 Å². The first-order chi connectivity index (χ1) is 14.5. The Morgan fingerprint density at radius 2 is 2.20 bits per heavy atom. The smallest absolute Gasteiger partial charge is 0.257 e. The number of fused-ring (bicyclic) bond motifs is 4. The van der Waals surface area contributed by atoms with Gasteiger partial charge in [-0.25, -0.2) is 9.37 Å². The Balaban J connectivity index is 1.62. The molecule has 1 amide bonds. The highest BCUT2D eigenvalue weighted by Crippen LogP contribution is 2.32. The second-order valence-corrected chi connectivity index (χ2v) is 7.36. The molecule has 0 bridgehead atoms. The lowest BCUT2D eigenvalue weighted by Crippen LogP contribution is -2.37. The lowest BCUT2D eigenvalue weighted by molar-refractivity contribution is 0.0327. The van der Waals surface area contributed by atoms with E-state index in [4.69, 9.17) is 10.5 Å². The second kappa shape index (κ2) is 6.74. The minimum atomic E-state index is -0.657. The first kappa shape index (κ1) is 18.4. The van der Waals surface area contributed by atoms with E-state index in [-0.39, 0.29) is 17.4 Å². The fraction of sp³-hybridized carbons (Fsp3) is 0.238. The first-order valence-electron chi connectivity index (χ1n) is 9.45. The molecule has 4 heterocycles. The number of nitrogen functional groups attached to an aromatic ring is 1. The molecule has 0 unspecified atom stereocenters. The molecule has 3 aromatic heterocycles. The Hall–Kier alpha value is -3.59. The van der Waals surface area contributed by atoms with E-state index >= 15 is 0 Å². The largest absolute Gasteiger partial charge is 0.383 e. The fourth-order valence-electron chi connectivity index (χ4n) is 4.03. The summed E-state index contributed by atoms with van der Waals surface area (Å²) in [5.74, 6) is -0.840. The van der Waals surface area contributed by atoms with Crippen molar-refractivity contribution in [3.63, 3.8) is 0 Å². The second-order valence-electron chi connectivity index (χ2n) is 7.36. The summed E-state index contributed by atoms with van der Waals surface area (Å²) in [6.07, 6.45) is 3.30. The van der Waals surface area contributed by atoms with Gasteiger partial charge in [-0.15, -0.1) is 0 Å². The van der Waals surface area contributed by atoms with Crippen LogP contribution in [0.1, 0.15) is 27.7 Å². The number of hydrogen-bond donors (Lipinski definition) is 1. The fourth-order valence-corrected chi connectivity index (χ4v) is 4.03. The van der Waals surface area contributed by atoms with Gasteiger partial charge in [0.2, 0.25) is 0 Å². The van der Waals surface area contributed by atoms with Gasteiger partial charge in [0.15, 0.2) is 0 Å². The molecular weight excluding hydrogens is 387 g/mol. The third-order valence-corrected chi connectivity index (χ3v) is 5.61. The molecule has 2 N–H and O–H groups in total. The van der Waals surface area contributed by atoms with E-state index in [0.29, 0.717) is 35.0 Å². The third-order valence-electron chi connectivity index (χ3n) is 5.61. The van der Waals surface area contributed by atoms with Gasteiger partial charge in [-0.3, -0.25) is 14.5 Å². The maximum atomic E-state index is 15.0. The van der Waals surface area contributed by atoms with E-state index in [2.05, 4.69) is 15.1 Å². The van der Waals surface area contributed by atoms with Crippen LogP contribution in [0.4, 0.5) is 10.2 Å². The molecule has 30 heavy (non-hydrogen) atoms. The number of nitrogens with two attached hydrogens (primary N) is 1. The van der Waals surface area contributed by atoms with Crippen LogP contribution in [0, 0.1) is 5.82 Å².